The van der Waals surface area contributed by atoms with Crippen LogP contribution in [0.5, 0.6) is 0 Å². The maximum Gasteiger partial charge on any atom is 0.411 e. The molecule has 2 aromatic carbocycles. The average Bonchev–Trinajstić information content (AvgIpc) is 2.97. The van der Waals surface area contributed by atoms with E-state index >= 15 is 0 Å². The van der Waals surface area contributed by atoms with E-state index in [-0.39, 0.29) is 24.0 Å². The number of anilines is 1. The number of hydrogen-bond donors (Lipinski definition) is 2. The van der Waals surface area contributed by atoms with Crippen LogP contribution in [0.3, 0.4) is 0 Å². The number of nitrogens with zero attached hydrogens (tertiary/aromatic N) is 1. The number of sulfonamides is 1. The second kappa shape index (κ2) is 10.8. The number of carbonyl (C=O) groups is 2. The fraction of sp³-hybridized carbons (Fsp3) is 0.364. The second-order valence-electron chi connectivity index (χ2n) is 7.35. The van der Waals surface area contributed by atoms with Crippen LogP contribution in [0.15, 0.2) is 53.4 Å². The molecule has 2 amide bonds. The van der Waals surface area contributed by atoms with Gasteiger partial charge >= 0.3 is 6.09 Å². The largest absolute Gasteiger partial charge is 0.450 e. The molecule has 3 rings (SSSR count). The van der Waals surface area contributed by atoms with Gasteiger partial charge in [-0.05, 0) is 68.1 Å². The van der Waals surface area contributed by atoms with Gasteiger partial charge in [0.15, 0.2) is 0 Å². The van der Waals surface area contributed by atoms with Gasteiger partial charge in [0.1, 0.15) is 6.04 Å². The number of ether oxygens (including phenoxy) is 1. The Hall–Kier alpha value is -2.62. The molecule has 2 N–H and O–H groups in total. The molecule has 8 nitrogen and oxygen atoms in total. The molecule has 0 aromatic heterocycles. The van der Waals surface area contributed by atoms with Crippen LogP contribution < -0.4 is 10.6 Å². The Kier molecular flexibility index (Phi) is 8.11. The second-order valence-corrected chi connectivity index (χ2v) is 9.68. The van der Waals surface area contributed by atoms with Crippen LogP contribution >= 0.6 is 11.6 Å². The highest BCUT2D eigenvalue weighted by atomic mass is 35.5. The third kappa shape index (κ3) is 5.99. The predicted molar refractivity (Wildman–Crippen MR) is 122 cm³/mol. The lowest BCUT2D eigenvalue weighted by atomic mass is 10.1. The molecule has 172 valence electrons. The first-order valence-corrected chi connectivity index (χ1v) is 12.2. The molecular weight excluding hydrogens is 454 g/mol. The number of benzene rings is 2. The van der Waals surface area contributed by atoms with Crippen molar-refractivity contribution in [3.05, 3.63) is 59.1 Å². The Balaban J connectivity index is 1.90. The maximum absolute atomic E-state index is 13.5. The molecule has 1 saturated heterocycles. The van der Waals surface area contributed by atoms with Crippen molar-refractivity contribution >= 4 is 39.3 Å². The summed E-state index contributed by atoms with van der Waals surface area (Å²) < 4.78 is 33.1. The van der Waals surface area contributed by atoms with Crippen molar-refractivity contribution in [3.63, 3.8) is 0 Å². The highest BCUT2D eigenvalue weighted by Gasteiger charge is 2.36. The lowest BCUT2D eigenvalue weighted by molar-refractivity contribution is -0.124. The van der Waals surface area contributed by atoms with Gasteiger partial charge < -0.3 is 10.1 Å². The summed E-state index contributed by atoms with van der Waals surface area (Å²) in [5.74, 6) is -0.305. The summed E-state index contributed by atoms with van der Waals surface area (Å²) in [5.41, 5.74) is 1.19. The van der Waals surface area contributed by atoms with Gasteiger partial charge in [0, 0.05) is 23.8 Å². The smallest absolute Gasteiger partial charge is 0.411 e. The summed E-state index contributed by atoms with van der Waals surface area (Å²) in [6, 6.07) is 11.8. The van der Waals surface area contributed by atoms with Gasteiger partial charge in [-0.15, -0.1) is 0 Å². The zero-order valence-electron chi connectivity index (χ0n) is 17.7. The van der Waals surface area contributed by atoms with Crippen molar-refractivity contribution in [2.45, 2.75) is 43.7 Å². The van der Waals surface area contributed by atoms with E-state index in [2.05, 4.69) is 10.6 Å². The van der Waals surface area contributed by atoms with E-state index < -0.39 is 22.2 Å². The van der Waals surface area contributed by atoms with Crippen LogP contribution in [0, 0.1) is 0 Å². The Morgan fingerprint density at radius 2 is 1.84 bits per heavy atom. The molecule has 1 aliphatic heterocycles. The first-order valence-electron chi connectivity index (χ1n) is 10.4. The van der Waals surface area contributed by atoms with Crippen LogP contribution in [-0.2, 0) is 26.1 Å². The Labute approximate surface area is 192 Å². The van der Waals surface area contributed by atoms with Crippen molar-refractivity contribution in [1.82, 2.24) is 9.62 Å². The molecule has 1 heterocycles. The number of rotatable bonds is 7. The Bertz CT molecular complexity index is 1040. The van der Waals surface area contributed by atoms with E-state index in [1.54, 1.807) is 31.2 Å². The molecule has 1 unspecified atom stereocenters. The quantitative estimate of drug-likeness (QED) is 0.629. The van der Waals surface area contributed by atoms with Crippen LogP contribution in [-0.4, -0.2) is 43.9 Å². The van der Waals surface area contributed by atoms with Crippen LogP contribution in [0.25, 0.3) is 0 Å². The highest BCUT2D eigenvalue weighted by Crippen LogP contribution is 2.26. The van der Waals surface area contributed by atoms with Gasteiger partial charge in [0.25, 0.3) is 0 Å². The number of halogens is 1. The first-order chi connectivity index (χ1) is 15.3. The van der Waals surface area contributed by atoms with Gasteiger partial charge in [-0.3, -0.25) is 10.1 Å². The molecule has 10 heteroatoms. The van der Waals surface area contributed by atoms with Gasteiger partial charge in [0.2, 0.25) is 15.9 Å². The minimum absolute atomic E-state index is 0.00271. The molecule has 0 saturated carbocycles. The minimum atomic E-state index is -3.98. The van der Waals surface area contributed by atoms with Crippen LogP contribution in [0.4, 0.5) is 10.5 Å². The van der Waals surface area contributed by atoms with E-state index in [0.29, 0.717) is 29.2 Å². The minimum Gasteiger partial charge on any atom is -0.450 e. The van der Waals surface area contributed by atoms with E-state index in [9.17, 15) is 18.0 Å². The van der Waals surface area contributed by atoms with Crippen LogP contribution in [0.2, 0.25) is 5.02 Å². The number of nitrogens with one attached hydrogen (secondary N) is 2. The summed E-state index contributed by atoms with van der Waals surface area (Å²) in [6.07, 6.45) is 1.40. The molecule has 1 atom stereocenters. The van der Waals surface area contributed by atoms with E-state index in [1.807, 2.05) is 0 Å². The fourth-order valence-electron chi connectivity index (χ4n) is 3.46. The lowest BCUT2D eigenvalue weighted by Gasteiger charge is -2.29. The molecule has 1 aliphatic rings. The molecule has 32 heavy (non-hydrogen) atoms. The lowest BCUT2D eigenvalue weighted by Crippen LogP contribution is -2.48. The van der Waals surface area contributed by atoms with Gasteiger partial charge in [0.05, 0.1) is 11.5 Å². The van der Waals surface area contributed by atoms with E-state index in [1.165, 1.54) is 28.6 Å². The molecule has 0 aliphatic carbocycles. The summed E-state index contributed by atoms with van der Waals surface area (Å²) in [5, 5.41) is 5.83. The summed E-state index contributed by atoms with van der Waals surface area (Å²) in [7, 11) is -3.98. The maximum atomic E-state index is 13.5. The zero-order valence-corrected chi connectivity index (χ0v) is 19.3. The zero-order chi connectivity index (χ0) is 23.1. The first kappa shape index (κ1) is 24.0. The van der Waals surface area contributed by atoms with E-state index in [4.69, 9.17) is 16.3 Å². The number of hydrogen-bond acceptors (Lipinski definition) is 5. The number of amides is 2. The molecule has 2 aromatic rings. The van der Waals surface area contributed by atoms with Crippen LogP contribution in [0.1, 0.15) is 31.7 Å². The molecular formula is C22H26ClN3O5S. The number of carbonyl (C=O) groups excluding carboxylic acids is 2. The third-order valence-electron chi connectivity index (χ3n) is 5.09. The fourth-order valence-corrected chi connectivity index (χ4v) is 5.19. The third-order valence-corrected chi connectivity index (χ3v) is 7.21. The van der Waals surface area contributed by atoms with Crippen molar-refractivity contribution in [2.75, 3.05) is 18.5 Å². The van der Waals surface area contributed by atoms with Crippen molar-refractivity contribution in [3.8, 4) is 0 Å². The topological polar surface area (TPSA) is 105 Å². The predicted octanol–water partition coefficient (Wildman–Crippen LogP) is 3.77. The van der Waals surface area contributed by atoms with Gasteiger partial charge in [-0.2, -0.15) is 4.31 Å². The Morgan fingerprint density at radius 1 is 1.16 bits per heavy atom. The summed E-state index contributed by atoms with van der Waals surface area (Å²) in [4.78, 5) is 24.4. The van der Waals surface area contributed by atoms with Crippen molar-refractivity contribution < 1.29 is 22.7 Å². The monoisotopic (exact) mass is 479 g/mol. The van der Waals surface area contributed by atoms with Gasteiger partial charge in [-0.25, -0.2) is 13.2 Å². The Morgan fingerprint density at radius 3 is 2.50 bits per heavy atom. The van der Waals surface area contributed by atoms with Crippen molar-refractivity contribution in [1.29, 1.82) is 0 Å². The highest BCUT2D eigenvalue weighted by molar-refractivity contribution is 7.89. The SMILES string of the molecule is CCOC(=O)Nc1ccc(CN(C2CCCCNC2=O)S(=O)(=O)c2ccc(Cl)cc2)cc1. The molecule has 0 bridgehead atoms. The standard InChI is InChI=1S/C22H26ClN3O5S/c1-2-31-22(28)25-18-10-6-16(7-11-18)15-26(20-5-3-4-14-24-21(20)27)32(29,30)19-12-8-17(23)9-13-19/h6-13,20H,2-5,14-15H2,1H3,(H,24,27)(H,25,28). The van der Waals surface area contributed by atoms with E-state index in [0.717, 1.165) is 12.8 Å². The average molecular weight is 480 g/mol. The molecule has 0 spiro atoms. The summed E-state index contributed by atoms with van der Waals surface area (Å²) >= 11 is 5.92. The van der Waals surface area contributed by atoms with Crippen molar-refractivity contribution in [2.24, 2.45) is 0 Å². The summed E-state index contributed by atoms with van der Waals surface area (Å²) in [6.45, 7) is 2.49. The molecule has 1 fully saturated rings. The normalized spacial score (nSPS) is 16.8. The van der Waals surface area contributed by atoms with Gasteiger partial charge in [-0.1, -0.05) is 23.7 Å². The molecule has 0 radical (unpaired) electrons.